The first-order valence-electron chi connectivity index (χ1n) is 6.55. The molecule has 4 nitrogen and oxygen atoms in total. The second-order valence-electron chi connectivity index (χ2n) is 4.16. The van der Waals surface area contributed by atoms with Gasteiger partial charge >= 0.3 is 0 Å². The summed E-state index contributed by atoms with van der Waals surface area (Å²) in [5.74, 6) is 0.285. The van der Waals surface area contributed by atoms with Crippen LogP contribution in [0.5, 0.6) is 5.75 Å². The highest BCUT2D eigenvalue weighted by Gasteiger charge is 2.09. The lowest BCUT2D eigenvalue weighted by Crippen LogP contribution is -2.24. The molecule has 1 aromatic carbocycles. The molecule has 0 aliphatic carbocycles. The fourth-order valence-corrected chi connectivity index (χ4v) is 1.57. The van der Waals surface area contributed by atoms with Gasteiger partial charge in [-0.15, -0.1) is 0 Å². The van der Waals surface area contributed by atoms with E-state index in [1.54, 1.807) is 6.07 Å². The molecule has 108 valence electrons. The van der Waals surface area contributed by atoms with Crippen molar-refractivity contribution in [1.82, 2.24) is 5.32 Å². The Bertz CT molecular complexity index is 374. The minimum Gasteiger partial charge on any atom is -0.490 e. The van der Waals surface area contributed by atoms with Crippen LogP contribution in [0.2, 0.25) is 0 Å². The number of hydrogen-bond donors (Lipinski definition) is 2. The Morgan fingerprint density at radius 1 is 1.32 bits per heavy atom. The van der Waals surface area contributed by atoms with E-state index in [4.69, 9.17) is 9.47 Å². The molecule has 0 saturated carbocycles. The largest absolute Gasteiger partial charge is 0.490 e. The Morgan fingerprint density at radius 3 is 2.79 bits per heavy atom. The van der Waals surface area contributed by atoms with E-state index in [1.165, 1.54) is 12.1 Å². The van der Waals surface area contributed by atoms with Gasteiger partial charge in [-0.3, -0.25) is 0 Å². The van der Waals surface area contributed by atoms with Gasteiger partial charge in [0.05, 0.1) is 6.61 Å². The minimum absolute atomic E-state index is 0.130. The van der Waals surface area contributed by atoms with Crippen LogP contribution in [-0.4, -0.2) is 37.6 Å². The normalized spacial score (nSPS) is 12.4. The molecule has 5 heteroatoms. The van der Waals surface area contributed by atoms with E-state index >= 15 is 0 Å². The Balaban J connectivity index is 2.56. The topological polar surface area (TPSA) is 50.7 Å². The average molecular weight is 271 g/mol. The van der Waals surface area contributed by atoms with Crippen molar-refractivity contribution in [2.75, 3.05) is 26.4 Å². The van der Waals surface area contributed by atoms with Gasteiger partial charge < -0.3 is 19.9 Å². The molecule has 1 rings (SSSR count). The maximum atomic E-state index is 13.2. The molecule has 0 aliphatic heterocycles. The molecule has 2 N–H and O–H groups in total. The van der Waals surface area contributed by atoms with E-state index in [2.05, 4.69) is 5.32 Å². The van der Waals surface area contributed by atoms with Crippen molar-refractivity contribution in [3.05, 3.63) is 29.6 Å². The summed E-state index contributed by atoms with van der Waals surface area (Å²) in [6, 6.07) is 4.36. The van der Waals surface area contributed by atoms with Crippen molar-refractivity contribution in [1.29, 1.82) is 0 Å². The molecule has 0 bridgehead atoms. The molecule has 1 atom stereocenters. The van der Waals surface area contributed by atoms with Crippen LogP contribution in [0.4, 0.5) is 4.39 Å². The van der Waals surface area contributed by atoms with Gasteiger partial charge in [0.25, 0.3) is 0 Å². The van der Waals surface area contributed by atoms with E-state index in [0.29, 0.717) is 18.9 Å². The molecular formula is C14H22FNO3. The third kappa shape index (κ3) is 6.00. The Kier molecular flexibility index (Phi) is 7.40. The Labute approximate surface area is 113 Å². The third-order valence-electron chi connectivity index (χ3n) is 2.53. The number of ether oxygens (including phenoxy) is 2. The van der Waals surface area contributed by atoms with Gasteiger partial charge in [-0.05, 0) is 31.7 Å². The van der Waals surface area contributed by atoms with E-state index in [-0.39, 0.29) is 19.0 Å². The maximum Gasteiger partial charge on any atom is 0.124 e. The van der Waals surface area contributed by atoms with Crippen molar-refractivity contribution in [3.63, 3.8) is 0 Å². The zero-order valence-corrected chi connectivity index (χ0v) is 11.5. The number of aliphatic hydroxyl groups excluding tert-OH is 1. The summed E-state index contributed by atoms with van der Waals surface area (Å²) < 4.78 is 23.8. The first-order chi connectivity index (χ1) is 9.17. The molecule has 0 aliphatic rings. The summed E-state index contributed by atoms with van der Waals surface area (Å²) in [5.41, 5.74) is 0.741. The van der Waals surface area contributed by atoms with Crippen LogP contribution in [0.1, 0.15) is 19.4 Å². The highest BCUT2D eigenvalue weighted by molar-refractivity contribution is 5.33. The fraction of sp³-hybridized carbons (Fsp3) is 0.571. The lowest BCUT2D eigenvalue weighted by atomic mass is 10.2. The Hall–Kier alpha value is -1.17. The smallest absolute Gasteiger partial charge is 0.124 e. The molecule has 0 radical (unpaired) electrons. The number of rotatable bonds is 9. The van der Waals surface area contributed by atoms with Crippen LogP contribution in [0.3, 0.4) is 0 Å². The number of benzene rings is 1. The molecule has 0 saturated heterocycles. The number of halogens is 1. The number of nitrogens with one attached hydrogen (secondary N) is 1. The summed E-state index contributed by atoms with van der Waals surface area (Å²) in [7, 11) is 0. The lowest BCUT2D eigenvalue weighted by molar-refractivity contribution is 0.0162. The Morgan fingerprint density at radius 2 is 2.11 bits per heavy atom. The van der Waals surface area contributed by atoms with Crippen LogP contribution in [0.25, 0.3) is 0 Å². The van der Waals surface area contributed by atoms with Gasteiger partial charge in [0.2, 0.25) is 0 Å². The number of aliphatic hydroxyl groups is 1. The van der Waals surface area contributed by atoms with Crippen molar-refractivity contribution in [2.24, 2.45) is 0 Å². The molecule has 0 heterocycles. The van der Waals surface area contributed by atoms with Crippen LogP contribution in [-0.2, 0) is 11.3 Å². The minimum atomic E-state index is -0.683. The summed E-state index contributed by atoms with van der Waals surface area (Å²) >= 11 is 0. The third-order valence-corrected chi connectivity index (χ3v) is 2.53. The van der Waals surface area contributed by atoms with Gasteiger partial charge in [-0.1, -0.05) is 6.92 Å². The summed E-state index contributed by atoms with van der Waals surface area (Å²) in [4.78, 5) is 0. The first kappa shape index (κ1) is 15.9. The molecular weight excluding hydrogens is 249 g/mol. The van der Waals surface area contributed by atoms with Crippen LogP contribution in [0, 0.1) is 5.82 Å². The average Bonchev–Trinajstić information content (AvgIpc) is 2.41. The van der Waals surface area contributed by atoms with E-state index in [1.807, 2.05) is 13.8 Å². The zero-order chi connectivity index (χ0) is 14.1. The van der Waals surface area contributed by atoms with Crippen molar-refractivity contribution in [2.45, 2.75) is 26.5 Å². The maximum absolute atomic E-state index is 13.2. The number of hydrogen-bond acceptors (Lipinski definition) is 4. The second kappa shape index (κ2) is 8.85. The summed E-state index contributed by atoms with van der Waals surface area (Å²) in [6.07, 6.45) is -0.683. The van der Waals surface area contributed by atoms with Gasteiger partial charge in [0.1, 0.15) is 24.3 Å². The molecule has 19 heavy (non-hydrogen) atoms. The quantitative estimate of drug-likeness (QED) is 0.718. The molecule has 1 unspecified atom stereocenters. The van der Waals surface area contributed by atoms with E-state index < -0.39 is 6.10 Å². The predicted octanol–water partition coefficient (Wildman–Crippen LogP) is 1.71. The highest BCUT2D eigenvalue weighted by atomic mass is 19.1. The van der Waals surface area contributed by atoms with Gasteiger partial charge in [0, 0.05) is 18.7 Å². The molecule has 1 aromatic rings. The van der Waals surface area contributed by atoms with Gasteiger partial charge in [-0.25, -0.2) is 4.39 Å². The second-order valence-corrected chi connectivity index (χ2v) is 4.16. The summed E-state index contributed by atoms with van der Waals surface area (Å²) in [5, 5.41) is 12.7. The fourth-order valence-electron chi connectivity index (χ4n) is 1.57. The van der Waals surface area contributed by atoms with Gasteiger partial charge in [-0.2, -0.15) is 0 Å². The van der Waals surface area contributed by atoms with Gasteiger partial charge in [0.15, 0.2) is 0 Å². The zero-order valence-electron chi connectivity index (χ0n) is 11.5. The highest BCUT2D eigenvalue weighted by Crippen LogP contribution is 2.19. The molecule has 0 amide bonds. The first-order valence-corrected chi connectivity index (χ1v) is 6.55. The molecule has 0 aromatic heterocycles. The summed E-state index contributed by atoms with van der Waals surface area (Å²) in [6.45, 7) is 6.09. The van der Waals surface area contributed by atoms with E-state index in [9.17, 15) is 9.50 Å². The monoisotopic (exact) mass is 271 g/mol. The predicted molar refractivity (Wildman–Crippen MR) is 71.8 cm³/mol. The van der Waals surface area contributed by atoms with Crippen LogP contribution < -0.4 is 10.1 Å². The molecule has 0 fully saturated rings. The van der Waals surface area contributed by atoms with Crippen LogP contribution >= 0.6 is 0 Å². The van der Waals surface area contributed by atoms with Crippen LogP contribution in [0.15, 0.2) is 18.2 Å². The lowest BCUT2D eigenvalue weighted by Gasteiger charge is -2.15. The van der Waals surface area contributed by atoms with Crippen molar-refractivity contribution in [3.8, 4) is 5.75 Å². The standard InChI is InChI=1S/C14H22FNO3/c1-3-16-8-11-7-12(15)5-6-14(11)19-10-13(17)9-18-4-2/h5-7,13,16-17H,3-4,8-10H2,1-2H3. The van der Waals surface area contributed by atoms with Crippen molar-refractivity contribution < 1.29 is 19.0 Å². The van der Waals surface area contributed by atoms with Crippen molar-refractivity contribution >= 4 is 0 Å². The SMILES string of the molecule is CCNCc1cc(F)ccc1OCC(O)COCC. The van der Waals surface area contributed by atoms with E-state index in [0.717, 1.165) is 12.1 Å². The molecule has 0 spiro atoms.